The first-order chi connectivity index (χ1) is 9.90. The second kappa shape index (κ2) is 5.87. The van der Waals surface area contributed by atoms with Gasteiger partial charge in [0.1, 0.15) is 6.04 Å². The van der Waals surface area contributed by atoms with Gasteiger partial charge in [-0.05, 0) is 26.0 Å². The largest absolute Gasteiger partial charge is 0.324 e. The summed E-state index contributed by atoms with van der Waals surface area (Å²) in [4.78, 5) is 47.6. The SMILES string of the molecule is CC(=O)c1cccc(NC(=O)[C@@H](C)N2C(=O)CCC2=O)c1. The molecule has 6 heteroatoms. The Hall–Kier alpha value is -2.50. The summed E-state index contributed by atoms with van der Waals surface area (Å²) in [6.45, 7) is 2.94. The fourth-order valence-electron chi connectivity index (χ4n) is 2.21. The lowest BCUT2D eigenvalue weighted by Gasteiger charge is -2.21. The molecule has 110 valence electrons. The van der Waals surface area contributed by atoms with E-state index in [0.717, 1.165) is 4.90 Å². The van der Waals surface area contributed by atoms with Crippen LogP contribution >= 0.6 is 0 Å². The highest BCUT2D eigenvalue weighted by Crippen LogP contribution is 2.17. The van der Waals surface area contributed by atoms with E-state index in [1.54, 1.807) is 24.3 Å². The molecule has 1 saturated heterocycles. The number of hydrogen-bond acceptors (Lipinski definition) is 4. The van der Waals surface area contributed by atoms with Crippen LogP contribution in [0.3, 0.4) is 0 Å². The Kier molecular flexibility index (Phi) is 4.16. The number of likely N-dealkylation sites (tertiary alicyclic amines) is 1. The quantitative estimate of drug-likeness (QED) is 0.670. The van der Waals surface area contributed by atoms with E-state index in [1.807, 2.05) is 0 Å². The molecule has 1 aromatic carbocycles. The number of Topliss-reactive ketones (excluding diaryl/α,β-unsaturated/α-hetero) is 1. The summed E-state index contributed by atoms with van der Waals surface area (Å²) in [6, 6.07) is 5.64. The van der Waals surface area contributed by atoms with Crippen LogP contribution in [0.1, 0.15) is 37.0 Å². The van der Waals surface area contributed by atoms with Crippen LogP contribution in [-0.4, -0.2) is 34.4 Å². The Balaban J connectivity index is 2.10. The lowest BCUT2D eigenvalue weighted by atomic mass is 10.1. The Morgan fingerprint density at radius 3 is 2.38 bits per heavy atom. The van der Waals surface area contributed by atoms with Crippen molar-refractivity contribution in [1.82, 2.24) is 4.90 Å². The molecule has 1 aliphatic rings. The second-order valence-corrected chi connectivity index (χ2v) is 4.96. The highest BCUT2D eigenvalue weighted by Gasteiger charge is 2.36. The lowest BCUT2D eigenvalue weighted by Crippen LogP contribution is -2.44. The monoisotopic (exact) mass is 288 g/mol. The average molecular weight is 288 g/mol. The summed E-state index contributed by atoms with van der Waals surface area (Å²) in [5, 5.41) is 2.62. The number of carbonyl (C=O) groups is 4. The lowest BCUT2D eigenvalue weighted by molar-refractivity contribution is -0.144. The van der Waals surface area contributed by atoms with E-state index in [9.17, 15) is 19.2 Å². The molecule has 1 aliphatic heterocycles. The van der Waals surface area contributed by atoms with Gasteiger partial charge in [0.15, 0.2) is 5.78 Å². The number of amides is 3. The third-order valence-corrected chi connectivity index (χ3v) is 3.39. The van der Waals surface area contributed by atoms with E-state index in [0.29, 0.717) is 11.3 Å². The first-order valence-corrected chi connectivity index (χ1v) is 6.67. The first kappa shape index (κ1) is 14.9. The van der Waals surface area contributed by atoms with Gasteiger partial charge < -0.3 is 5.32 Å². The average Bonchev–Trinajstić information content (AvgIpc) is 2.77. The molecule has 0 bridgehead atoms. The van der Waals surface area contributed by atoms with Crippen LogP contribution < -0.4 is 5.32 Å². The number of nitrogens with one attached hydrogen (secondary N) is 1. The molecule has 0 radical (unpaired) electrons. The molecule has 0 unspecified atom stereocenters. The molecule has 1 atom stereocenters. The maximum Gasteiger partial charge on any atom is 0.247 e. The molecule has 6 nitrogen and oxygen atoms in total. The molecule has 1 heterocycles. The summed E-state index contributed by atoms with van der Waals surface area (Å²) in [6.07, 6.45) is 0.298. The van der Waals surface area contributed by atoms with Gasteiger partial charge in [0.05, 0.1) is 0 Å². The van der Waals surface area contributed by atoms with Gasteiger partial charge in [-0.3, -0.25) is 24.1 Å². The minimum Gasteiger partial charge on any atom is -0.324 e. The minimum absolute atomic E-state index is 0.107. The molecule has 3 amide bonds. The normalized spacial score (nSPS) is 16.0. The Morgan fingerprint density at radius 2 is 1.81 bits per heavy atom. The molecule has 1 fully saturated rings. The molecule has 2 rings (SSSR count). The summed E-state index contributed by atoms with van der Waals surface area (Å²) in [5.74, 6) is -1.23. The van der Waals surface area contributed by atoms with Crippen molar-refractivity contribution < 1.29 is 19.2 Å². The van der Waals surface area contributed by atoms with Crippen LogP contribution in [0.5, 0.6) is 0 Å². The molecular weight excluding hydrogens is 272 g/mol. The number of benzene rings is 1. The number of ketones is 1. The van der Waals surface area contributed by atoms with E-state index < -0.39 is 11.9 Å². The number of rotatable bonds is 4. The van der Waals surface area contributed by atoms with Gasteiger partial charge in [-0.2, -0.15) is 0 Å². The molecule has 0 saturated carbocycles. The fraction of sp³-hybridized carbons (Fsp3) is 0.333. The zero-order valence-corrected chi connectivity index (χ0v) is 11.9. The highest BCUT2D eigenvalue weighted by atomic mass is 16.2. The summed E-state index contributed by atoms with van der Waals surface area (Å²) in [5.41, 5.74) is 0.937. The van der Waals surface area contributed by atoms with E-state index in [1.165, 1.54) is 13.8 Å². The summed E-state index contributed by atoms with van der Waals surface area (Å²) in [7, 11) is 0. The van der Waals surface area contributed by atoms with Crippen molar-refractivity contribution in [3.8, 4) is 0 Å². The van der Waals surface area contributed by atoms with Crippen molar-refractivity contribution in [2.75, 3.05) is 5.32 Å². The zero-order chi connectivity index (χ0) is 15.6. The topological polar surface area (TPSA) is 83.6 Å². The first-order valence-electron chi connectivity index (χ1n) is 6.67. The molecular formula is C15H16N2O4. The second-order valence-electron chi connectivity index (χ2n) is 4.96. The number of hydrogen-bond donors (Lipinski definition) is 1. The van der Waals surface area contributed by atoms with Crippen LogP contribution in [0.4, 0.5) is 5.69 Å². The van der Waals surface area contributed by atoms with Crippen molar-refractivity contribution in [1.29, 1.82) is 0 Å². The molecule has 1 N–H and O–H groups in total. The zero-order valence-electron chi connectivity index (χ0n) is 11.9. The van der Waals surface area contributed by atoms with Gasteiger partial charge in [-0.15, -0.1) is 0 Å². The van der Waals surface area contributed by atoms with E-state index >= 15 is 0 Å². The van der Waals surface area contributed by atoms with Crippen LogP contribution in [0.2, 0.25) is 0 Å². The maximum atomic E-state index is 12.1. The Labute approximate surface area is 122 Å². The van der Waals surface area contributed by atoms with Gasteiger partial charge >= 0.3 is 0 Å². The van der Waals surface area contributed by atoms with Crippen molar-refractivity contribution in [2.45, 2.75) is 32.7 Å². The van der Waals surface area contributed by atoms with E-state index in [-0.39, 0.29) is 30.4 Å². The van der Waals surface area contributed by atoms with Gasteiger partial charge in [0, 0.05) is 24.1 Å². The number of nitrogens with zero attached hydrogens (tertiary/aromatic N) is 1. The van der Waals surface area contributed by atoms with Crippen molar-refractivity contribution >= 4 is 29.2 Å². The standard InChI is InChI=1S/C15H16N2O4/c1-9(17-13(19)6-7-14(17)20)15(21)16-12-5-3-4-11(8-12)10(2)18/h3-5,8-9H,6-7H2,1-2H3,(H,16,21)/t9-/m1/s1. The predicted molar refractivity (Wildman–Crippen MR) is 75.6 cm³/mol. The fourth-order valence-corrected chi connectivity index (χ4v) is 2.21. The van der Waals surface area contributed by atoms with Gasteiger partial charge in [0.2, 0.25) is 17.7 Å². The molecule has 1 aromatic rings. The van der Waals surface area contributed by atoms with Gasteiger partial charge in [-0.25, -0.2) is 0 Å². The highest BCUT2D eigenvalue weighted by molar-refractivity contribution is 6.07. The van der Waals surface area contributed by atoms with Crippen molar-refractivity contribution in [3.63, 3.8) is 0 Å². The summed E-state index contributed by atoms with van der Waals surface area (Å²) >= 11 is 0. The number of imide groups is 1. The number of anilines is 1. The van der Waals surface area contributed by atoms with Crippen LogP contribution in [0.15, 0.2) is 24.3 Å². The summed E-state index contributed by atoms with van der Waals surface area (Å²) < 4.78 is 0. The molecule has 0 aliphatic carbocycles. The minimum atomic E-state index is -0.867. The van der Waals surface area contributed by atoms with Crippen molar-refractivity contribution in [3.05, 3.63) is 29.8 Å². The van der Waals surface area contributed by atoms with E-state index in [2.05, 4.69) is 5.32 Å². The molecule has 21 heavy (non-hydrogen) atoms. The predicted octanol–water partition coefficient (Wildman–Crippen LogP) is 1.37. The smallest absolute Gasteiger partial charge is 0.247 e. The van der Waals surface area contributed by atoms with Crippen molar-refractivity contribution in [2.24, 2.45) is 0 Å². The molecule has 0 aromatic heterocycles. The number of carbonyl (C=O) groups excluding carboxylic acids is 4. The Morgan fingerprint density at radius 1 is 1.19 bits per heavy atom. The Bertz CT molecular complexity index is 608. The molecule has 0 spiro atoms. The maximum absolute atomic E-state index is 12.1. The third kappa shape index (κ3) is 3.16. The van der Waals surface area contributed by atoms with Crippen LogP contribution in [0, 0.1) is 0 Å². The van der Waals surface area contributed by atoms with Gasteiger partial charge in [-0.1, -0.05) is 12.1 Å². The van der Waals surface area contributed by atoms with Crippen LogP contribution in [-0.2, 0) is 14.4 Å². The van der Waals surface area contributed by atoms with Gasteiger partial charge in [0.25, 0.3) is 0 Å². The van der Waals surface area contributed by atoms with Crippen LogP contribution in [0.25, 0.3) is 0 Å². The third-order valence-electron chi connectivity index (χ3n) is 3.39. The van der Waals surface area contributed by atoms with E-state index in [4.69, 9.17) is 0 Å².